The number of sulfonamides is 1. The Kier molecular flexibility index (Phi) is 6.65. The number of hydrogen-bond acceptors (Lipinski definition) is 4. The van der Waals surface area contributed by atoms with Crippen molar-refractivity contribution in [3.05, 3.63) is 72.3 Å². The number of nitrogens with one attached hydrogen (secondary N) is 1. The number of carbonyl (C=O) groups excluding carboxylic acids is 1. The Morgan fingerprint density at radius 1 is 1.00 bits per heavy atom. The zero-order chi connectivity index (χ0) is 21.8. The third-order valence-electron chi connectivity index (χ3n) is 5.80. The first-order valence-corrected chi connectivity index (χ1v) is 13.0. The summed E-state index contributed by atoms with van der Waals surface area (Å²) in [5, 5.41) is 5.35. The number of piperidine rings is 1. The summed E-state index contributed by atoms with van der Waals surface area (Å²) in [4.78, 5) is 14.0. The fourth-order valence-corrected chi connectivity index (χ4v) is 5.82. The van der Waals surface area contributed by atoms with Gasteiger partial charge in [-0.15, -0.1) is 11.8 Å². The monoisotopic (exact) mass is 454 g/mol. The van der Waals surface area contributed by atoms with Gasteiger partial charge in [-0.25, -0.2) is 8.42 Å². The van der Waals surface area contributed by atoms with Gasteiger partial charge in [-0.2, -0.15) is 4.31 Å². The van der Waals surface area contributed by atoms with Gasteiger partial charge in [-0.1, -0.05) is 36.4 Å². The molecule has 3 aromatic carbocycles. The summed E-state index contributed by atoms with van der Waals surface area (Å²) < 4.78 is 27.3. The maximum absolute atomic E-state index is 12.9. The van der Waals surface area contributed by atoms with E-state index in [1.165, 1.54) is 9.69 Å². The van der Waals surface area contributed by atoms with Crippen LogP contribution in [0.1, 0.15) is 18.4 Å². The molecule has 162 valence electrons. The lowest BCUT2D eigenvalue weighted by Gasteiger charge is -2.30. The average Bonchev–Trinajstić information content (AvgIpc) is 2.82. The molecule has 0 spiro atoms. The number of thioether (sulfide) groups is 1. The van der Waals surface area contributed by atoms with Crippen LogP contribution in [0.25, 0.3) is 10.8 Å². The zero-order valence-corrected chi connectivity index (χ0v) is 19.1. The maximum Gasteiger partial charge on any atom is 0.243 e. The van der Waals surface area contributed by atoms with Crippen molar-refractivity contribution in [2.75, 3.05) is 19.3 Å². The number of benzene rings is 3. The predicted octanol–water partition coefficient (Wildman–Crippen LogP) is 4.28. The second-order valence-corrected chi connectivity index (χ2v) is 10.6. The summed E-state index contributed by atoms with van der Waals surface area (Å²) in [5.41, 5.74) is 1.06. The van der Waals surface area contributed by atoms with E-state index >= 15 is 0 Å². The van der Waals surface area contributed by atoms with E-state index in [-0.39, 0.29) is 11.8 Å². The van der Waals surface area contributed by atoms with E-state index in [2.05, 4.69) is 29.6 Å². The summed E-state index contributed by atoms with van der Waals surface area (Å²) in [6.45, 7) is 1.20. The van der Waals surface area contributed by atoms with Crippen molar-refractivity contribution in [3.63, 3.8) is 0 Å². The molecule has 1 fully saturated rings. The quantitative estimate of drug-likeness (QED) is 0.565. The molecule has 0 saturated carbocycles. The smallest absolute Gasteiger partial charge is 0.243 e. The molecular weight excluding hydrogens is 428 g/mol. The zero-order valence-electron chi connectivity index (χ0n) is 17.5. The van der Waals surface area contributed by atoms with Gasteiger partial charge in [0.2, 0.25) is 15.9 Å². The van der Waals surface area contributed by atoms with Crippen LogP contribution in [0.2, 0.25) is 0 Å². The van der Waals surface area contributed by atoms with Crippen molar-refractivity contribution < 1.29 is 13.2 Å². The highest BCUT2D eigenvalue weighted by molar-refractivity contribution is 7.98. The van der Waals surface area contributed by atoms with Crippen molar-refractivity contribution >= 4 is 38.5 Å². The highest BCUT2D eigenvalue weighted by atomic mass is 32.2. The SMILES string of the molecule is CSc1ccc(S(=O)(=O)N2CCC(C(=O)NCc3ccc4ccccc4c3)CC2)cc1. The summed E-state index contributed by atoms with van der Waals surface area (Å²) >= 11 is 1.58. The summed E-state index contributed by atoms with van der Waals surface area (Å²) in [6.07, 6.45) is 3.02. The van der Waals surface area contributed by atoms with Crippen LogP contribution in [-0.2, 0) is 21.4 Å². The second kappa shape index (κ2) is 9.42. The minimum Gasteiger partial charge on any atom is -0.352 e. The molecule has 0 aliphatic carbocycles. The molecule has 0 aromatic heterocycles. The van der Waals surface area contributed by atoms with Crippen LogP contribution in [-0.4, -0.2) is 38.0 Å². The average molecular weight is 455 g/mol. The van der Waals surface area contributed by atoms with E-state index < -0.39 is 10.0 Å². The topological polar surface area (TPSA) is 66.5 Å². The molecule has 5 nitrogen and oxygen atoms in total. The van der Waals surface area contributed by atoms with Crippen LogP contribution in [0.4, 0.5) is 0 Å². The fraction of sp³-hybridized carbons (Fsp3) is 0.292. The largest absolute Gasteiger partial charge is 0.352 e. The molecule has 0 unspecified atom stereocenters. The van der Waals surface area contributed by atoms with Crippen molar-refractivity contribution in [2.24, 2.45) is 5.92 Å². The molecule has 1 amide bonds. The van der Waals surface area contributed by atoms with Gasteiger partial charge in [0.1, 0.15) is 0 Å². The molecule has 1 heterocycles. The Morgan fingerprint density at radius 3 is 2.35 bits per heavy atom. The van der Waals surface area contributed by atoms with Crippen LogP contribution in [0, 0.1) is 5.92 Å². The second-order valence-electron chi connectivity index (χ2n) is 7.75. The van der Waals surface area contributed by atoms with Gasteiger partial charge in [0, 0.05) is 30.4 Å². The van der Waals surface area contributed by atoms with Gasteiger partial charge < -0.3 is 5.32 Å². The third kappa shape index (κ3) is 4.95. The van der Waals surface area contributed by atoms with Gasteiger partial charge in [-0.3, -0.25) is 4.79 Å². The Bertz CT molecular complexity index is 1170. The van der Waals surface area contributed by atoms with Gasteiger partial charge in [0.15, 0.2) is 0 Å². The van der Waals surface area contributed by atoms with Crippen molar-refractivity contribution in [1.29, 1.82) is 0 Å². The molecule has 1 N–H and O–H groups in total. The van der Waals surface area contributed by atoms with Gasteiger partial charge in [0.05, 0.1) is 4.90 Å². The minimum atomic E-state index is -3.52. The van der Waals surface area contributed by atoms with E-state index in [9.17, 15) is 13.2 Å². The Labute approximate surface area is 187 Å². The highest BCUT2D eigenvalue weighted by Gasteiger charge is 2.32. The number of fused-ring (bicyclic) bond motifs is 1. The molecule has 1 aliphatic heterocycles. The van der Waals surface area contributed by atoms with Gasteiger partial charge in [-0.05, 0) is 65.8 Å². The van der Waals surface area contributed by atoms with Crippen LogP contribution < -0.4 is 5.32 Å². The lowest BCUT2D eigenvalue weighted by Crippen LogP contribution is -2.42. The molecule has 1 aliphatic rings. The number of rotatable bonds is 6. The summed E-state index contributed by atoms with van der Waals surface area (Å²) in [5.74, 6) is -0.166. The van der Waals surface area contributed by atoms with Crippen LogP contribution in [0.3, 0.4) is 0 Å². The molecule has 7 heteroatoms. The molecule has 0 atom stereocenters. The highest BCUT2D eigenvalue weighted by Crippen LogP contribution is 2.25. The van der Waals surface area contributed by atoms with Crippen molar-refractivity contribution in [2.45, 2.75) is 29.2 Å². The van der Waals surface area contributed by atoms with Gasteiger partial charge in [0.25, 0.3) is 0 Å². The van der Waals surface area contributed by atoms with E-state index in [1.807, 2.05) is 36.6 Å². The van der Waals surface area contributed by atoms with Crippen LogP contribution in [0.15, 0.2) is 76.5 Å². The van der Waals surface area contributed by atoms with E-state index in [0.717, 1.165) is 15.8 Å². The number of amides is 1. The van der Waals surface area contributed by atoms with Crippen molar-refractivity contribution in [1.82, 2.24) is 9.62 Å². The summed E-state index contributed by atoms with van der Waals surface area (Å²) in [7, 11) is -3.52. The minimum absolute atomic E-state index is 0.00506. The molecule has 3 aromatic rings. The van der Waals surface area contributed by atoms with Crippen molar-refractivity contribution in [3.8, 4) is 0 Å². The summed E-state index contributed by atoms with van der Waals surface area (Å²) in [6, 6.07) is 21.3. The Morgan fingerprint density at radius 2 is 1.68 bits per heavy atom. The van der Waals surface area contributed by atoms with Crippen LogP contribution in [0.5, 0.6) is 0 Å². The lowest BCUT2D eigenvalue weighted by molar-refractivity contribution is -0.126. The lowest BCUT2D eigenvalue weighted by atomic mass is 9.97. The standard InChI is InChI=1S/C24H26N2O3S2/c1-30-22-8-10-23(11-9-22)31(28,29)26-14-12-20(13-15-26)24(27)25-17-18-6-7-19-4-2-3-5-21(19)16-18/h2-11,16,20H,12-15,17H2,1H3,(H,25,27). The van der Waals surface area contributed by atoms with Crippen LogP contribution >= 0.6 is 11.8 Å². The molecular formula is C24H26N2O3S2. The molecule has 0 radical (unpaired) electrons. The number of hydrogen-bond donors (Lipinski definition) is 1. The molecule has 4 rings (SSSR count). The van der Waals surface area contributed by atoms with E-state index in [0.29, 0.717) is 37.4 Å². The molecule has 1 saturated heterocycles. The normalized spacial score (nSPS) is 15.8. The third-order valence-corrected chi connectivity index (χ3v) is 8.46. The first kappa shape index (κ1) is 21.9. The molecule has 0 bridgehead atoms. The molecule has 31 heavy (non-hydrogen) atoms. The van der Waals surface area contributed by atoms with Gasteiger partial charge >= 0.3 is 0 Å². The number of carbonyl (C=O) groups is 1. The van der Waals surface area contributed by atoms with E-state index in [4.69, 9.17) is 0 Å². The Balaban J connectivity index is 1.32. The first-order valence-electron chi connectivity index (χ1n) is 10.4. The Hall–Kier alpha value is -2.35. The first-order chi connectivity index (χ1) is 15.0. The fourth-order valence-electron chi connectivity index (χ4n) is 3.94. The predicted molar refractivity (Wildman–Crippen MR) is 126 cm³/mol. The maximum atomic E-state index is 12.9. The van der Waals surface area contributed by atoms with E-state index in [1.54, 1.807) is 23.9 Å². The number of nitrogens with zero attached hydrogens (tertiary/aromatic N) is 1.